The van der Waals surface area contributed by atoms with Crippen molar-refractivity contribution in [1.82, 2.24) is 0 Å². The molecule has 0 radical (unpaired) electrons. The molecule has 1 rings (SSSR count). The standard InChI is InChI=1S/C6H3Cl3N2/c7-5-3-4(10-8)1-2-6(5)11-9/h1-3H/b10-4+,11-6+. The highest BCUT2D eigenvalue weighted by atomic mass is 35.5. The Morgan fingerprint density at radius 2 is 1.82 bits per heavy atom. The lowest BCUT2D eigenvalue weighted by molar-refractivity contribution is 1.76. The lowest BCUT2D eigenvalue weighted by atomic mass is 10.1. The zero-order chi connectivity index (χ0) is 8.27. The van der Waals surface area contributed by atoms with E-state index in [1.807, 2.05) is 0 Å². The molecule has 0 heterocycles. The van der Waals surface area contributed by atoms with Crippen molar-refractivity contribution in [2.24, 2.45) is 9.02 Å². The molecule has 0 aromatic carbocycles. The Balaban J connectivity index is 2.97. The Labute approximate surface area is 79.1 Å². The number of halogens is 3. The summed E-state index contributed by atoms with van der Waals surface area (Å²) in [7, 11) is 0. The van der Waals surface area contributed by atoms with Crippen molar-refractivity contribution < 1.29 is 0 Å². The number of hydrogen-bond donors (Lipinski definition) is 0. The highest BCUT2D eigenvalue weighted by Crippen LogP contribution is 2.13. The van der Waals surface area contributed by atoms with E-state index in [2.05, 4.69) is 9.02 Å². The molecule has 0 aromatic heterocycles. The van der Waals surface area contributed by atoms with Gasteiger partial charge in [-0.3, -0.25) is 0 Å². The Morgan fingerprint density at radius 1 is 1.09 bits per heavy atom. The van der Waals surface area contributed by atoms with E-state index in [0.29, 0.717) is 16.5 Å². The van der Waals surface area contributed by atoms with Crippen molar-refractivity contribution in [3.05, 3.63) is 23.3 Å². The summed E-state index contributed by atoms with van der Waals surface area (Å²) in [5, 5.41) is 0.432. The lowest BCUT2D eigenvalue weighted by Crippen LogP contribution is -2.02. The fourth-order valence-corrected chi connectivity index (χ4v) is 1.13. The number of hydrogen-bond acceptors (Lipinski definition) is 2. The van der Waals surface area contributed by atoms with Crippen molar-refractivity contribution >= 4 is 46.6 Å². The number of nitrogens with zero attached hydrogens (tertiary/aromatic N) is 2. The normalized spacial score (nSPS) is 24.5. The first-order valence-electron chi connectivity index (χ1n) is 2.71. The van der Waals surface area contributed by atoms with Crippen molar-refractivity contribution in [1.29, 1.82) is 0 Å². The average Bonchev–Trinajstić information content (AvgIpc) is 2.04. The Hall–Kier alpha value is -0.310. The van der Waals surface area contributed by atoms with Gasteiger partial charge in [-0.25, -0.2) is 0 Å². The Kier molecular flexibility index (Phi) is 3.12. The summed E-state index contributed by atoms with van der Waals surface area (Å²) < 4.78 is 6.81. The lowest BCUT2D eigenvalue weighted by Gasteiger charge is -2.01. The van der Waals surface area contributed by atoms with Crippen molar-refractivity contribution in [3.8, 4) is 0 Å². The van der Waals surface area contributed by atoms with Crippen LogP contribution < -0.4 is 0 Å². The summed E-state index contributed by atoms with van der Waals surface area (Å²) in [6, 6.07) is 0. The molecule has 5 heteroatoms. The number of allylic oxidation sites excluding steroid dienone is 4. The van der Waals surface area contributed by atoms with Crippen LogP contribution in [0, 0.1) is 0 Å². The van der Waals surface area contributed by atoms with Gasteiger partial charge in [0.2, 0.25) is 0 Å². The molecular weight excluding hydrogens is 206 g/mol. The summed E-state index contributed by atoms with van der Waals surface area (Å²) >= 11 is 16.1. The minimum atomic E-state index is 0.432. The zero-order valence-electron chi connectivity index (χ0n) is 5.26. The topological polar surface area (TPSA) is 24.7 Å². The second kappa shape index (κ2) is 3.90. The maximum Gasteiger partial charge on any atom is 0.0964 e. The maximum atomic E-state index is 5.71. The molecule has 0 aliphatic heterocycles. The van der Waals surface area contributed by atoms with Crippen LogP contribution in [0.15, 0.2) is 32.3 Å². The minimum Gasteiger partial charge on any atom is -0.178 e. The van der Waals surface area contributed by atoms with Crippen molar-refractivity contribution in [3.63, 3.8) is 0 Å². The quantitative estimate of drug-likeness (QED) is 0.548. The summed E-state index contributed by atoms with van der Waals surface area (Å²) in [6.45, 7) is 0. The van der Waals surface area contributed by atoms with E-state index in [9.17, 15) is 0 Å². The van der Waals surface area contributed by atoms with Crippen LogP contribution in [-0.2, 0) is 0 Å². The summed E-state index contributed by atoms with van der Waals surface area (Å²) in [5.74, 6) is 0. The molecule has 0 spiro atoms. The first-order chi connectivity index (χ1) is 5.27. The van der Waals surface area contributed by atoms with Gasteiger partial charge < -0.3 is 0 Å². The molecule has 0 aromatic rings. The molecule has 0 amide bonds. The largest absolute Gasteiger partial charge is 0.178 e. The SMILES string of the molecule is Cl/N=C1C=C/C(=N\Cl)C(Cl)=C\1. The monoisotopic (exact) mass is 208 g/mol. The van der Waals surface area contributed by atoms with E-state index in [4.69, 9.17) is 35.2 Å². The first-order valence-corrected chi connectivity index (χ1v) is 3.77. The van der Waals surface area contributed by atoms with Gasteiger partial charge in [-0.15, -0.1) is 0 Å². The molecule has 58 valence electrons. The van der Waals surface area contributed by atoms with Crippen LogP contribution in [0.4, 0.5) is 0 Å². The van der Waals surface area contributed by atoms with E-state index >= 15 is 0 Å². The van der Waals surface area contributed by atoms with Gasteiger partial charge >= 0.3 is 0 Å². The van der Waals surface area contributed by atoms with Crippen LogP contribution >= 0.6 is 35.2 Å². The fraction of sp³-hybridized carbons (Fsp3) is 0. The third-order valence-electron chi connectivity index (χ3n) is 1.12. The molecule has 1 aliphatic carbocycles. The molecular formula is C6H3Cl3N2. The van der Waals surface area contributed by atoms with Gasteiger partial charge in [0, 0.05) is 23.6 Å². The molecule has 0 saturated carbocycles. The van der Waals surface area contributed by atoms with E-state index in [0.717, 1.165) is 0 Å². The maximum absolute atomic E-state index is 5.71. The molecule has 11 heavy (non-hydrogen) atoms. The highest BCUT2D eigenvalue weighted by molar-refractivity contribution is 6.50. The van der Waals surface area contributed by atoms with Crippen molar-refractivity contribution in [2.75, 3.05) is 0 Å². The highest BCUT2D eigenvalue weighted by Gasteiger charge is 2.06. The van der Waals surface area contributed by atoms with Gasteiger partial charge in [0.05, 0.1) is 16.5 Å². The van der Waals surface area contributed by atoms with Crippen LogP contribution in [0.3, 0.4) is 0 Å². The predicted molar refractivity (Wildman–Crippen MR) is 49.7 cm³/mol. The van der Waals surface area contributed by atoms with E-state index < -0.39 is 0 Å². The molecule has 0 bridgehead atoms. The summed E-state index contributed by atoms with van der Waals surface area (Å²) in [6.07, 6.45) is 4.88. The minimum absolute atomic E-state index is 0.432. The molecule has 1 aliphatic rings. The van der Waals surface area contributed by atoms with Gasteiger partial charge in [-0.05, 0) is 18.2 Å². The number of rotatable bonds is 0. The first kappa shape index (κ1) is 8.78. The van der Waals surface area contributed by atoms with E-state index in [1.54, 1.807) is 18.2 Å². The van der Waals surface area contributed by atoms with Crippen LogP contribution in [0.5, 0.6) is 0 Å². The Morgan fingerprint density at radius 3 is 2.27 bits per heavy atom. The van der Waals surface area contributed by atoms with Gasteiger partial charge in [0.25, 0.3) is 0 Å². The molecule has 0 N–H and O–H groups in total. The second-order valence-electron chi connectivity index (χ2n) is 1.80. The molecule has 0 saturated heterocycles. The van der Waals surface area contributed by atoms with Gasteiger partial charge in [0.1, 0.15) is 0 Å². The van der Waals surface area contributed by atoms with Crippen molar-refractivity contribution in [2.45, 2.75) is 0 Å². The third kappa shape index (κ3) is 2.06. The molecule has 2 nitrogen and oxygen atoms in total. The van der Waals surface area contributed by atoms with Crippen LogP contribution in [0.2, 0.25) is 0 Å². The molecule has 0 unspecified atom stereocenters. The van der Waals surface area contributed by atoms with Gasteiger partial charge in [-0.1, -0.05) is 11.6 Å². The summed E-state index contributed by atoms with van der Waals surface area (Å²) in [5.41, 5.74) is 1.10. The smallest absolute Gasteiger partial charge is 0.0964 e. The zero-order valence-corrected chi connectivity index (χ0v) is 7.53. The Bertz CT molecular complexity index is 276. The van der Waals surface area contributed by atoms with Gasteiger partial charge in [-0.2, -0.15) is 9.02 Å². The van der Waals surface area contributed by atoms with Gasteiger partial charge in [0.15, 0.2) is 0 Å². The fourth-order valence-electron chi connectivity index (χ4n) is 0.617. The summed E-state index contributed by atoms with van der Waals surface area (Å²) in [4.78, 5) is 0. The molecule has 0 fully saturated rings. The van der Waals surface area contributed by atoms with Crippen LogP contribution in [0.1, 0.15) is 0 Å². The van der Waals surface area contributed by atoms with Crippen LogP contribution in [0.25, 0.3) is 0 Å². The third-order valence-corrected chi connectivity index (χ3v) is 1.80. The van der Waals surface area contributed by atoms with E-state index in [1.165, 1.54) is 0 Å². The second-order valence-corrected chi connectivity index (χ2v) is 2.55. The van der Waals surface area contributed by atoms with Crippen LogP contribution in [-0.4, -0.2) is 11.4 Å². The van der Waals surface area contributed by atoms with E-state index in [-0.39, 0.29) is 0 Å². The molecule has 0 atom stereocenters. The predicted octanol–water partition coefficient (Wildman–Crippen LogP) is 2.87. The average molecular weight is 209 g/mol.